The molecule has 1 rings (SSSR count). The van der Waals surface area contributed by atoms with Crippen LogP contribution in [0.1, 0.15) is 5.56 Å². The van der Waals surface area contributed by atoms with Crippen LogP contribution in [0.4, 0.5) is 4.79 Å². The maximum Gasteiger partial charge on any atom is 0.408 e. The van der Waals surface area contributed by atoms with Crippen molar-refractivity contribution >= 4 is 12.1 Å². The first-order chi connectivity index (χ1) is 8.13. The Balaban J connectivity index is 2.37. The van der Waals surface area contributed by atoms with Crippen molar-refractivity contribution in [1.82, 2.24) is 5.32 Å². The van der Waals surface area contributed by atoms with Gasteiger partial charge in [-0.15, -0.1) is 0 Å². The van der Waals surface area contributed by atoms with Crippen LogP contribution in [0.3, 0.4) is 0 Å². The van der Waals surface area contributed by atoms with Crippen LogP contribution >= 0.6 is 0 Å². The summed E-state index contributed by atoms with van der Waals surface area (Å²) in [6, 6.07) is 7.78. The molecule has 0 aliphatic rings. The van der Waals surface area contributed by atoms with Gasteiger partial charge < -0.3 is 25.7 Å². The van der Waals surface area contributed by atoms with Crippen LogP contribution in [-0.4, -0.2) is 24.6 Å². The number of amides is 1. The molecule has 0 saturated carbocycles. The Morgan fingerprint density at radius 2 is 2.00 bits per heavy atom. The third-order valence-corrected chi connectivity index (χ3v) is 2.03. The number of alkyl carbamates (subject to hydrolysis) is 1. The van der Waals surface area contributed by atoms with Crippen LogP contribution in [0.5, 0.6) is 0 Å². The van der Waals surface area contributed by atoms with E-state index in [1.54, 1.807) is 24.3 Å². The molecule has 0 fully saturated rings. The van der Waals surface area contributed by atoms with E-state index < -0.39 is 18.1 Å². The second-order valence-electron chi connectivity index (χ2n) is 3.31. The third-order valence-electron chi connectivity index (χ3n) is 2.03. The van der Waals surface area contributed by atoms with Crippen molar-refractivity contribution in [3.05, 3.63) is 35.9 Å². The monoisotopic (exact) mass is 237 g/mol. The van der Waals surface area contributed by atoms with Gasteiger partial charge in [-0.25, -0.2) is 4.79 Å². The number of ether oxygens (including phenoxy) is 1. The number of hydrogen-bond acceptors (Lipinski definition) is 5. The molecule has 6 nitrogen and oxygen atoms in total. The predicted molar refractivity (Wildman–Crippen MR) is 57.6 cm³/mol. The van der Waals surface area contributed by atoms with Gasteiger partial charge in [-0.3, -0.25) is 0 Å². The summed E-state index contributed by atoms with van der Waals surface area (Å²) in [7, 11) is 0. The number of carbonyl (C=O) groups is 2. The minimum Gasteiger partial charge on any atom is -0.548 e. The second-order valence-corrected chi connectivity index (χ2v) is 3.31. The van der Waals surface area contributed by atoms with Gasteiger partial charge in [0.1, 0.15) is 6.61 Å². The Labute approximate surface area is 98.4 Å². The Morgan fingerprint density at radius 3 is 2.53 bits per heavy atom. The molecule has 0 bridgehead atoms. The molecule has 1 aromatic carbocycles. The summed E-state index contributed by atoms with van der Waals surface area (Å²) in [6.45, 7) is -0.181. The van der Waals surface area contributed by atoms with E-state index in [4.69, 9.17) is 10.5 Å². The molecule has 0 unspecified atom stereocenters. The van der Waals surface area contributed by atoms with Gasteiger partial charge in [-0.05, 0) is 5.56 Å². The number of benzene rings is 1. The van der Waals surface area contributed by atoms with Gasteiger partial charge in [0.2, 0.25) is 0 Å². The van der Waals surface area contributed by atoms with Gasteiger partial charge in [-0.2, -0.15) is 0 Å². The lowest BCUT2D eigenvalue weighted by Gasteiger charge is -2.17. The molecule has 0 heterocycles. The molecule has 1 aromatic rings. The number of nitrogens with two attached hydrogens (primary N) is 1. The zero-order valence-electron chi connectivity index (χ0n) is 9.09. The first-order valence-corrected chi connectivity index (χ1v) is 5.01. The minimum absolute atomic E-state index is 0.0665. The van der Waals surface area contributed by atoms with Crippen molar-refractivity contribution in [2.24, 2.45) is 5.73 Å². The Morgan fingerprint density at radius 1 is 1.35 bits per heavy atom. The number of carbonyl (C=O) groups excluding carboxylic acids is 2. The first kappa shape index (κ1) is 13.0. The zero-order chi connectivity index (χ0) is 12.7. The van der Waals surface area contributed by atoms with E-state index in [0.29, 0.717) is 0 Å². The fourth-order valence-electron chi connectivity index (χ4n) is 1.12. The molecule has 0 aliphatic carbocycles. The predicted octanol–water partition coefficient (Wildman–Crippen LogP) is -1.01. The maximum atomic E-state index is 11.2. The van der Waals surface area contributed by atoms with Gasteiger partial charge in [0.05, 0.1) is 12.0 Å². The largest absolute Gasteiger partial charge is 0.548 e. The molecule has 3 N–H and O–H groups in total. The molecule has 0 saturated heterocycles. The molecule has 17 heavy (non-hydrogen) atoms. The quantitative estimate of drug-likeness (QED) is 0.682. The van der Waals surface area contributed by atoms with Gasteiger partial charge >= 0.3 is 6.09 Å². The van der Waals surface area contributed by atoms with Crippen molar-refractivity contribution < 1.29 is 19.4 Å². The van der Waals surface area contributed by atoms with Crippen molar-refractivity contribution in [3.63, 3.8) is 0 Å². The Kier molecular flexibility index (Phi) is 4.96. The highest BCUT2D eigenvalue weighted by Gasteiger charge is 2.12. The van der Waals surface area contributed by atoms with Crippen molar-refractivity contribution in [2.45, 2.75) is 12.6 Å². The van der Waals surface area contributed by atoms with Crippen molar-refractivity contribution in [3.8, 4) is 0 Å². The van der Waals surface area contributed by atoms with E-state index in [1.807, 2.05) is 6.07 Å². The molecule has 1 atom stereocenters. The molecule has 6 heteroatoms. The summed E-state index contributed by atoms with van der Waals surface area (Å²) in [5.74, 6) is -1.44. The summed E-state index contributed by atoms with van der Waals surface area (Å²) < 4.78 is 4.81. The molecular formula is C11H13N2O4-. The van der Waals surface area contributed by atoms with E-state index in [9.17, 15) is 14.7 Å². The fraction of sp³-hybridized carbons (Fsp3) is 0.273. The Hall–Kier alpha value is -2.08. The molecule has 0 spiro atoms. The van der Waals surface area contributed by atoms with Crippen molar-refractivity contribution in [1.29, 1.82) is 0 Å². The van der Waals surface area contributed by atoms with Crippen LogP contribution in [0, 0.1) is 0 Å². The van der Waals surface area contributed by atoms with Gasteiger partial charge in [0.15, 0.2) is 0 Å². The lowest BCUT2D eigenvalue weighted by atomic mass is 10.2. The van der Waals surface area contributed by atoms with Crippen LogP contribution in [-0.2, 0) is 16.1 Å². The van der Waals surface area contributed by atoms with Crippen molar-refractivity contribution in [2.75, 3.05) is 6.54 Å². The second kappa shape index (κ2) is 6.49. The average molecular weight is 237 g/mol. The number of aliphatic carboxylic acids is 1. The summed E-state index contributed by atoms with van der Waals surface area (Å²) in [5.41, 5.74) is 5.94. The molecular weight excluding hydrogens is 224 g/mol. The average Bonchev–Trinajstić information content (AvgIpc) is 2.34. The lowest BCUT2D eigenvalue weighted by molar-refractivity contribution is -0.307. The van der Waals surface area contributed by atoms with Gasteiger partial charge in [-0.1, -0.05) is 30.3 Å². The molecule has 0 aliphatic heterocycles. The first-order valence-electron chi connectivity index (χ1n) is 5.01. The van der Waals surface area contributed by atoms with E-state index in [-0.39, 0.29) is 13.2 Å². The van der Waals surface area contributed by atoms with E-state index in [2.05, 4.69) is 5.32 Å². The van der Waals surface area contributed by atoms with Crippen LogP contribution in [0.2, 0.25) is 0 Å². The smallest absolute Gasteiger partial charge is 0.408 e. The maximum absolute atomic E-state index is 11.2. The summed E-state index contributed by atoms with van der Waals surface area (Å²) in [4.78, 5) is 21.7. The summed E-state index contributed by atoms with van der Waals surface area (Å²) in [6.07, 6.45) is -0.839. The van der Waals surface area contributed by atoms with E-state index >= 15 is 0 Å². The van der Waals surface area contributed by atoms with E-state index in [0.717, 1.165) is 5.56 Å². The highest BCUT2D eigenvalue weighted by molar-refractivity contribution is 5.78. The number of nitrogens with one attached hydrogen (secondary N) is 1. The number of rotatable bonds is 5. The fourth-order valence-corrected chi connectivity index (χ4v) is 1.12. The highest BCUT2D eigenvalue weighted by atomic mass is 16.5. The minimum atomic E-state index is -1.44. The van der Waals surface area contributed by atoms with Crippen LogP contribution in [0.25, 0.3) is 0 Å². The van der Waals surface area contributed by atoms with E-state index in [1.165, 1.54) is 0 Å². The highest BCUT2D eigenvalue weighted by Crippen LogP contribution is 2.00. The zero-order valence-corrected chi connectivity index (χ0v) is 9.09. The SMILES string of the molecule is NC[C@H](NC(=O)OCc1ccccc1)C(=O)[O-]. The lowest BCUT2D eigenvalue weighted by Crippen LogP contribution is -2.51. The summed E-state index contributed by atoms with van der Waals surface area (Å²) >= 11 is 0. The number of carboxylic acid groups (broad SMARTS) is 1. The molecule has 0 radical (unpaired) electrons. The number of carboxylic acids is 1. The normalized spacial score (nSPS) is 11.6. The Bertz CT molecular complexity index is 380. The molecule has 92 valence electrons. The molecule has 0 aromatic heterocycles. The van der Waals surface area contributed by atoms with Crippen LogP contribution in [0.15, 0.2) is 30.3 Å². The third kappa shape index (κ3) is 4.52. The van der Waals surface area contributed by atoms with Crippen LogP contribution < -0.4 is 16.2 Å². The standard InChI is InChI=1S/C11H14N2O4/c12-6-9(10(14)15)13-11(16)17-7-8-4-2-1-3-5-8/h1-5,9H,6-7,12H2,(H,13,16)(H,14,15)/p-1/t9-/m0/s1. The topological polar surface area (TPSA) is 104 Å². The molecule has 1 amide bonds. The number of hydrogen-bond donors (Lipinski definition) is 2. The summed E-state index contributed by atoms with van der Waals surface area (Å²) in [5, 5.41) is 12.6. The van der Waals surface area contributed by atoms with Gasteiger partial charge in [0, 0.05) is 6.54 Å². The van der Waals surface area contributed by atoms with Gasteiger partial charge in [0.25, 0.3) is 0 Å².